The smallest absolute Gasteiger partial charge is 0.333 e. The maximum atomic E-state index is 11.6. The Bertz CT molecular complexity index is 537. The first-order valence-corrected chi connectivity index (χ1v) is 8.29. The highest BCUT2D eigenvalue weighted by molar-refractivity contribution is 5.86. The predicted molar refractivity (Wildman–Crippen MR) is 81.6 cm³/mol. The van der Waals surface area contributed by atoms with Crippen LogP contribution in [0.25, 0.3) is 0 Å². The summed E-state index contributed by atoms with van der Waals surface area (Å²) in [7, 11) is 0. The lowest BCUT2D eigenvalue weighted by Crippen LogP contribution is -2.60. The molecule has 5 atom stereocenters. The molecular weight excluding hydrogens is 278 g/mol. The minimum atomic E-state index is -0.545. The van der Waals surface area contributed by atoms with Crippen molar-refractivity contribution in [3.63, 3.8) is 0 Å². The van der Waals surface area contributed by atoms with Crippen molar-refractivity contribution in [3.05, 3.63) is 12.2 Å². The Morgan fingerprint density at radius 1 is 1.45 bits per heavy atom. The van der Waals surface area contributed by atoms with Gasteiger partial charge in [0.25, 0.3) is 0 Å². The van der Waals surface area contributed by atoms with Crippen LogP contribution >= 0.6 is 0 Å². The molecule has 0 aliphatic heterocycles. The fourth-order valence-electron chi connectivity index (χ4n) is 5.72. The highest BCUT2D eigenvalue weighted by Gasteiger charge is 2.61. The summed E-state index contributed by atoms with van der Waals surface area (Å²) in [6.45, 7) is 5.61. The van der Waals surface area contributed by atoms with Crippen molar-refractivity contribution in [2.24, 2.45) is 23.2 Å². The Morgan fingerprint density at radius 2 is 2.23 bits per heavy atom. The molecule has 0 heterocycles. The number of carbonyl (C=O) groups is 1. The molecule has 4 rings (SSSR count). The van der Waals surface area contributed by atoms with Gasteiger partial charge in [-0.3, -0.25) is 0 Å². The number of aliphatic hydroxyl groups is 1. The van der Waals surface area contributed by atoms with Crippen LogP contribution in [0.5, 0.6) is 0 Å². The number of esters is 1. The molecule has 4 fully saturated rings. The van der Waals surface area contributed by atoms with Crippen LogP contribution in [0.1, 0.15) is 51.9 Å². The molecule has 5 unspecified atom stereocenters. The van der Waals surface area contributed by atoms with Crippen LogP contribution in [0.3, 0.4) is 0 Å². The zero-order valence-electron chi connectivity index (χ0n) is 13.3. The molecule has 22 heavy (non-hydrogen) atoms. The van der Waals surface area contributed by atoms with Crippen molar-refractivity contribution in [3.8, 4) is 6.07 Å². The average Bonchev–Trinajstić information content (AvgIpc) is 2.41. The van der Waals surface area contributed by atoms with Crippen molar-refractivity contribution in [2.75, 3.05) is 6.61 Å². The molecule has 120 valence electrons. The topological polar surface area (TPSA) is 70.3 Å². The Labute approximate surface area is 132 Å². The van der Waals surface area contributed by atoms with Crippen LogP contribution in [-0.2, 0) is 9.53 Å². The molecule has 4 bridgehead atoms. The first-order valence-electron chi connectivity index (χ1n) is 8.29. The molecule has 4 aliphatic carbocycles. The number of nitrogens with zero attached hydrogens (tertiary/aromatic N) is 1. The highest BCUT2D eigenvalue weighted by Crippen LogP contribution is 2.66. The lowest BCUT2D eigenvalue weighted by Gasteiger charge is -2.64. The molecule has 4 nitrogen and oxygen atoms in total. The molecule has 4 aliphatic rings. The zero-order valence-corrected chi connectivity index (χ0v) is 13.3. The van der Waals surface area contributed by atoms with Crippen molar-refractivity contribution in [1.29, 1.82) is 5.26 Å². The predicted octanol–water partition coefficient (Wildman–Crippen LogP) is 2.97. The summed E-state index contributed by atoms with van der Waals surface area (Å²) in [5, 5.41) is 20.1. The van der Waals surface area contributed by atoms with E-state index >= 15 is 0 Å². The van der Waals surface area contributed by atoms with Gasteiger partial charge in [0, 0.05) is 12.0 Å². The van der Waals surface area contributed by atoms with E-state index in [1.807, 2.05) is 0 Å². The van der Waals surface area contributed by atoms with E-state index in [1.165, 1.54) is 0 Å². The van der Waals surface area contributed by atoms with Crippen molar-refractivity contribution in [2.45, 2.75) is 57.5 Å². The average molecular weight is 303 g/mol. The number of rotatable bonds is 5. The molecule has 0 amide bonds. The van der Waals surface area contributed by atoms with Crippen molar-refractivity contribution >= 4 is 5.97 Å². The largest absolute Gasteiger partial charge is 0.462 e. The van der Waals surface area contributed by atoms with Gasteiger partial charge in [0.2, 0.25) is 0 Å². The van der Waals surface area contributed by atoms with E-state index in [2.05, 4.69) is 12.6 Å². The number of carbonyl (C=O) groups excluding carboxylic acids is 1. The van der Waals surface area contributed by atoms with Gasteiger partial charge in [-0.1, -0.05) is 6.58 Å². The second-order valence-electron chi connectivity index (χ2n) is 7.87. The second-order valence-corrected chi connectivity index (χ2v) is 7.87. The Hall–Kier alpha value is -1.34. The molecular formula is C18H25NO3. The van der Waals surface area contributed by atoms with E-state index < -0.39 is 5.60 Å². The maximum absolute atomic E-state index is 11.6. The molecule has 4 saturated carbocycles. The normalized spacial score (nSPS) is 42.0. The van der Waals surface area contributed by atoms with Gasteiger partial charge in [-0.15, -0.1) is 0 Å². The van der Waals surface area contributed by atoms with E-state index in [4.69, 9.17) is 4.74 Å². The molecule has 0 radical (unpaired) electrons. The molecule has 0 spiro atoms. The van der Waals surface area contributed by atoms with Gasteiger partial charge in [-0.2, -0.15) is 5.26 Å². The third kappa shape index (κ3) is 2.56. The lowest BCUT2D eigenvalue weighted by atomic mass is 9.42. The minimum Gasteiger partial charge on any atom is -0.462 e. The van der Waals surface area contributed by atoms with E-state index in [0.717, 1.165) is 38.5 Å². The molecule has 0 aromatic heterocycles. The number of hydrogen-bond acceptors (Lipinski definition) is 4. The Morgan fingerprint density at radius 3 is 2.86 bits per heavy atom. The van der Waals surface area contributed by atoms with Gasteiger partial charge in [-0.05, 0) is 68.6 Å². The summed E-state index contributed by atoms with van der Waals surface area (Å²) < 4.78 is 5.30. The van der Waals surface area contributed by atoms with Crippen LogP contribution < -0.4 is 0 Å². The van der Waals surface area contributed by atoms with E-state index in [0.29, 0.717) is 36.4 Å². The second kappa shape index (κ2) is 5.38. The first kappa shape index (κ1) is 15.6. The van der Waals surface area contributed by atoms with Crippen LogP contribution in [-0.4, -0.2) is 23.3 Å². The van der Waals surface area contributed by atoms with Crippen LogP contribution in [0.4, 0.5) is 0 Å². The third-order valence-electron chi connectivity index (χ3n) is 6.17. The standard InChI is InChI=1S/C18H25NO3/c1-12(2)16(20)22-6-4-17-8-13-7-14(15(17)3-5-19)10-18(21,9-13)11-17/h13-15,21H,1,3-4,6-11H2,2H3. The highest BCUT2D eigenvalue weighted by atomic mass is 16.5. The lowest BCUT2D eigenvalue weighted by molar-refractivity contribution is -0.200. The summed E-state index contributed by atoms with van der Waals surface area (Å²) in [4.78, 5) is 11.6. The van der Waals surface area contributed by atoms with Gasteiger partial charge >= 0.3 is 5.97 Å². The van der Waals surface area contributed by atoms with Crippen LogP contribution in [0.15, 0.2) is 12.2 Å². The minimum absolute atomic E-state index is 0.0239. The molecule has 4 heteroatoms. The van der Waals surface area contributed by atoms with E-state index in [9.17, 15) is 15.2 Å². The summed E-state index contributed by atoms with van der Waals surface area (Å²) in [5.74, 6) is 1.03. The van der Waals surface area contributed by atoms with Crippen LogP contribution in [0.2, 0.25) is 0 Å². The van der Waals surface area contributed by atoms with Crippen LogP contribution in [0, 0.1) is 34.5 Å². The number of hydrogen-bond donors (Lipinski definition) is 1. The maximum Gasteiger partial charge on any atom is 0.333 e. The Balaban J connectivity index is 1.74. The van der Waals surface area contributed by atoms with E-state index in [1.54, 1.807) is 6.92 Å². The zero-order chi connectivity index (χ0) is 16.0. The number of ether oxygens (including phenoxy) is 1. The Kier molecular flexibility index (Phi) is 3.81. The molecule has 0 aromatic carbocycles. The van der Waals surface area contributed by atoms with Gasteiger partial charge in [-0.25, -0.2) is 4.79 Å². The summed E-state index contributed by atoms with van der Waals surface area (Å²) in [6, 6.07) is 2.35. The summed E-state index contributed by atoms with van der Waals surface area (Å²) in [5.41, 5.74) is -0.155. The van der Waals surface area contributed by atoms with Gasteiger partial charge in [0.05, 0.1) is 18.3 Å². The molecule has 1 N–H and O–H groups in total. The van der Waals surface area contributed by atoms with Crippen molar-refractivity contribution < 1.29 is 14.6 Å². The quantitative estimate of drug-likeness (QED) is 0.626. The van der Waals surface area contributed by atoms with Gasteiger partial charge in [0.1, 0.15) is 0 Å². The monoisotopic (exact) mass is 303 g/mol. The van der Waals surface area contributed by atoms with Gasteiger partial charge < -0.3 is 9.84 Å². The third-order valence-corrected chi connectivity index (χ3v) is 6.17. The summed E-state index contributed by atoms with van der Waals surface area (Å²) >= 11 is 0. The molecule has 0 aromatic rings. The summed E-state index contributed by atoms with van der Waals surface area (Å²) in [6.07, 6.45) is 6.07. The SMILES string of the molecule is C=C(C)C(=O)OCCC12CC3CC(CC(O)(C3)C1)C2CC#N. The van der Waals surface area contributed by atoms with Gasteiger partial charge in [0.15, 0.2) is 0 Å². The fraction of sp³-hybridized carbons (Fsp3) is 0.778. The van der Waals surface area contributed by atoms with E-state index in [-0.39, 0.29) is 11.4 Å². The molecule has 0 saturated heterocycles. The first-order chi connectivity index (χ1) is 10.4. The fourth-order valence-corrected chi connectivity index (χ4v) is 5.72. The van der Waals surface area contributed by atoms with Crippen molar-refractivity contribution in [1.82, 2.24) is 0 Å². The number of nitriles is 1.